The second-order valence-electron chi connectivity index (χ2n) is 6.26. The molecule has 1 saturated heterocycles. The molecule has 1 amide bonds. The van der Waals surface area contributed by atoms with Crippen molar-refractivity contribution in [2.24, 2.45) is 0 Å². The van der Waals surface area contributed by atoms with Crippen molar-refractivity contribution in [1.29, 1.82) is 0 Å². The highest BCUT2D eigenvalue weighted by molar-refractivity contribution is 5.82. The number of rotatable bonds is 6. The van der Waals surface area contributed by atoms with E-state index in [9.17, 15) is 4.79 Å². The summed E-state index contributed by atoms with van der Waals surface area (Å²) < 4.78 is 7.24. The van der Waals surface area contributed by atoms with E-state index in [1.54, 1.807) is 7.11 Å². The molecule has 2 aromatic rings. The van der Waals surface area contributed by atoms with Crippen LogP contribution in [0.15, 0.2) is 42.6 Å². The van der Waals surface area contributed by atoms with Gasteiger partial charge < -0.3 is 10.1 Å². The molecule has 24 heavy (non-hydrogen) atoms. The molecule has 0 aliphatic carbocycles. The minimum atomic E-state index is -0.124. The van der Waals surface area contributed by atoms with Crippen LogP contribution in [-0.4, -0.2) is 53.4 Å². The van der Waals surface area contributed by atoms with Gasteiger partial charge in [0, 0.05) is 19.9 Å². The topological polar surface area (TPSA) is 59.4 Å². The lowest BCUT2D eigenvalue weighted by atomic mass is 10.2. The summed E-state index contributed by atoms with van der Waals surface area (Å²) in [6, 6.07) is 12.0. The Morgan fingerprint density at radius 1 is 1.33 bits per heavy atom. The molecule has 1 N–H and O–H groups in total. The monoisotopic (exact) mass is 328 g/mol. The number of hydrogen-bond donors (Lipinski definition) is 1. The zero-order valence-corrected chi connectivity index (χ0v) is 14.2. The largest absolute Gasteiger partial charge is 0.380 e. The zero-order chi connectivity index (χ0) is 16.9. The lowest BCUT2D eigenvalue weighted by molar-refractivity contribution is -0.125. The van der Waals surface area contributed by atoms with E-state index in [2.05, 4.69) is 22.5 Å². The molecule has 128 valence electrons. The molecule has 1 aromatic heterocycles. The fourth-order valence-electron chi connectivity index (χ4n) is 3.08. The van der Waals surface area contributed by atoms with Crippen molar-refractivity contribution in [2.75, 3.05) is 20.7 Å². The second kappa shape index (κ2) is 7.59. The van der Waals surface area contributed by atoms with Crippen molar-refractivity contribution in [3.8, 4) is 0 Å². The summed E-state index contributed by atoms with van der Waals surface area (Å²) in [6.45, 7) is 1.97. The van der Waals surface area contributed by atoms with Gasteiger partial charge in [-0.05, 0) is 25.1 Å². The normalized spacial score (nSPS) is 21.1. The van der Waals surface area contributed by atoms with Crippen LogP contribution in [0.25, 0.3) is 0 Å². The quantitative estimate of drug-likeness (QED) is 0.867. The van der Waals surface area contributed by atoms with Crippen molar-refractivity contribution in [3.05, 3.63) is 53.9 Å². The van der Waals surface area contributed by atoms with Crippen LogP contribution in [0.2, 0.25) is 0 Å². The molecule has 0 radical (unpaired) electrons. The number of amides is 1. The number of nitrogens with zero attached hydrogens (tertiary/aromatic N) is 3. The molecule has 1 aliphatic rings. The molecule has 2 atom stereocenters. The Bertz CT molecular complexity index is 671. The molecular weight excluding hydrogens is 304 g/mol. The van der Waals surface area contributed by atoms with Gasteiger partial charge in [0.25, 0.3) is 0 Å². The Morgan fingerprint density at radius 3 is 2.83 bits per heavy atom. The lowest BCUT2D eigenvalue weighted by Crippen LogP contribution is -2.41. The Hall–Kier alpha value is -2.18. The third-order valence-corrected chi connectivity index (χ3v) is 4.47. The predicted octanol–water partition coefficient (Wildman–Crippen LogP) is 1.27. The van der Waals surface area contributed by atoms with E-state index in [1.165, 1.54) is 5.56 Å². The fraction of sp³-hybridized carbons (Fsp3) is 0.444. The van der Waals surface area contributed by atoms with Crippen molar-refractivity contribution in [1.82, 2.24) is 20.0 Å². The molecule has 1 aliphatic heterocycles. The standard InChI is InChI=1S/C18H24N4O2/c1-21-13-16(24-2)10-17(21)18(23)19-11-15-8-9-22(20-15)12-14-6-4-3-5-7-14/h3-9,16-17H,10-13H2,1-2H3,(H,19,23)/t16-,17-/m0/s1. The Morgan fingerprint density at radius 2 is 2.12 bits per heavy atom. The number of likely N-dealkylation sites (N-methyl/N-ethyl adjacent to an activating group) is 1. The summed E-state index contributed by atoms with van der Waals surface area (Å²) in [5.41, 5.74) is 2.07. The first kappa shape index (κ1) is 16.7. The first-order chi connectivity index (χ1) is 11.7. The summed E-state index contributed by atoms with van der Waals surface area (Å²) >= 11 is 0. The van der Waals surface area contributed by atoms with E-state index < -0.39 is 0 Å². The summed E-state index contributed by atoms with van der Waals surface area (Å²) in [4.78, 5) is 14.4. The van der Waals surface area contributed by atoms with Crippen molar-refractivity contribution in [3.63, 3.8) is 0 Å². The van der Waals surface area contributed by atoms with Gasteiger partial charge in [0.1, 0.15) is 0 Å². The van der Waals surface area contributed by atoms with Gasteiger partial charge in [0.2, 0.25) is 5.91 Å². The number of carbonyl (C=O) groups is 1. The maximum atomic E-state index is 12.3. The Kier molecular flexibility index (Phi) is 5.27. The molecule has 6 nitrogen and oxygen atoms in total. The third kappa shape index (κ3) is 4.01. The molecule has 1 aromatic carbocycles. The molecule has 1 fully saturated rings. The zero-order valence-electron chi connectivity index (χ0n) is 14.2. The predicted molar refractivity (Wildman–Crippen MR) is 91.4 cm³/mol. The maximum absolute atomic E-state index is 12.3. The average Bonchev–Trinajstić information content (AvgIpc) is 3.20. The van der Waals surface area contributed by atoms with Crippen molar-refractivity contribution in [2.45, 2.75) is 31.7 Å². The summed E-state index contributed by atoms with van der Waals surface area (Å²) in [6.07, 6.45) is 2.81. The summed E-state index contributed by atoms with van der Waals surface area (Å²) in [7, 11) is 3.65. The minimum Gasteiger partial charge on any atom is -0.380 e. The van der Waals surface area contributed by atoms with Crippen LogP contribution >= 0.6 is 0 Å². The second-order valence-corrected chi connectivity index (χ2v) is 6.26. The summed E-state index contributed by atoms with van der Waals surface area (Å²) in [5, 5.41) is 7.50. The van der Waals surface area contributed by atoms with Gasteiger partial charge in [0.05, 0.1) is 30.9 Å². The minimum absolute atomic E-state index is 0.0367. The molecule has 0 unspecified atom stereocenters. The smallest absolute Gasteiger partial charge is 0.237 e. The van der Waals surface area contributed by atoms with Gasteiger partial charge in [-0.15, -0.1) is 0 Å². The third-order valence-electron chi connectivity index (χ3n) is 4.47. The van der Waals surface area contributed by atoms with Crippen LogP contribution in [0.1, 0.15) is 17.7 Å². The molecule has 2 heterocycles. The first-order valence-corrected chi connectivity index (χ1v) is 8.22. The number of hydrogen-bond acceptors (Lipinski definition) is 4. The molecule has 0 bridgehead atoms. The van der Waals surface area contributed by atoms with Crippen molar-refractivity contribution < 1.29 is 9.53 Å². The van der Waals surface area contributed by atoms with Gasteiger partial charge in [-0.2, -0.15) is 5.10 Å². The van der Waals surface area contributed by atoms with Gasteiger partial charge in [0.15, 0.2) is 0 Å². The van der Waals surface area contributed by atoms with E-state index in [-0.39, 0.29) is 18.1 Å². The molecule has 0 spiro atoms. The van der Waals surface area contributed by atoms with E-state index in [4.69, 9.17) is 4.74 Å². The summed E-state index contributed by atoms with van der Waals surface area (Å²) in [5.74, 6) is 0.0367. The Labute approximate surface area is 142 Å². The first-order valence-electron chi connectivity index (χ1n) is 8.22. The van der Waals surface area contributed by atoms with Crippen LogP contribution in [0.4, 0.5) is 0 Å². The maximum Gasteiger partial charge on any atom is 0.237 e. The lowest BCUT2D eigenvalue weighted by Gasteiger charge is -2.17. The highest BCUT2D eigenvalue weighted by Gasteiger charge is 2.34. The number of methoxy groups -OCH3 is 1. The van der Waals surface area contributed by atoms with E-state index in [0.717, 1.165) is 25.2 Å². The number of nitrogens with one attached hydrogen (secondary N) is 1. The molecule has 6 heteroatoms. The highest BCUT2D eigenvalue weighted by Crippen LogP contribution is 2.18. The average molecular weight is 328 g/mol. The van der Waals surface area contributed by atoms with Crippen LogP contribution in [-0.2, 0) is 22.6 Å². The van der Waals surface area contributed by atoms with Crippen LogP contribution in [0.5, 0.6) is 0 Å². The van der Waals surface area contributed by atoms with Crippen LogP contribution < -0.4 is 5.32 Å². The Balaban J connectivity index is 1.51. The number of ether oxygens (including phenoxy) is 1. The van der Waals surface area contributed by atoms with Crippen molar-refractivity contribution >= 4 is 5.91 Å². The SMILES string of the molecule is CO[C@H]1C[C@@H](C(=O)NCc2ccn(Cc3ccccc3)n2)N(C)C1. The van der Waals surface area contributed by atoms with E-state index in [0.29, 0.717) is 6.54 Å². The molecule has 0 saturated carbocycles. The van der Waals surface area contributed by atoms with Gasteiger partial charge in [-0.1, -0.05) is 30.3 Å². The number of carbonyl (C=O) groups excluding carboxylic acids is 1. The number of aromatic nitrogens is 2. The van der Waals surface area contributed by atoms with Crippen LogP contribution in [0, 0.1) is 0 Å². The van der Waals surface area contributed by atoms with E-state index in [1.807, 2.05) is 47.1 Å². The molecular formula is C18H24N4O2. The van der Waals surface area contributed by atoms with Gasteiger partial charge >= 0.3 is 0 Å². The number of benzene rings is 1. The van der Waals surface area contributed by atoms with E-state index >= 15 is 0 Å². The van der Waals surface area contributed by atoms with Crippen LogP contribution in [0.3, 0.4) is 0 Å². The number of likely N-dealkylation sites (tertiary alicyclic amines) is 1. The highest BCUT2D eigenvalue weighted by atomic mass is 16.5. The van der Waals surface area contributed by atoms with Gasteiger partial charge in [-0.3, -0.25) is 14.4 Å². The van der Waals surface area contributed by atoms with Gasteiger partial charge in [-0.25, -0.2) is 0 Å². The molecule has 3 rings (SSSR count). The fourth-order valence-corrected chi connectivity index (χ4v) is 3.08.